The molecule has 76 valence electrons. The maximum atomic E-state index is 10.4. The number of benzene rings is 1. The summed E-state index contributed by atoms with van der Waals surface area (Å²) >= 11 is 0. The Morgan fingerprint density at radius 2 is 2.13 bits per heavy atom. The number of hydrogen-bond acceptors (Lipinski definition) is 3. The largest absolute Gasteiger partial charge is 0.434 e. The van der Waals surface area contributed by atoms with Crippen molar-refractivity contribution in [2.24, 2.45) is 0 Å². The van der Waals surface area contributed by atoms with Crippen LogP contribution < -0.4 is 0 Å². The van der Waals surface area contributed by atoms with Gasteiger partial charge in [0.25, 0.3) is 5.89 Å². The first-order valence-corrected chi connectivity index (χ1v) is 4.69. The summed E-state index contributed by atoms with van der Waals surface area (Å²) in [6.45, 7) is 4.04. The molecule has 3 nitrogen and oxygen atoms in total. The molecule has 1 aromatic heterocycles. The summed E-state index contributed by atoms with van der Waals surface area (Å²) in [6, 6.07) is 6.05. The van der Waals surface area contributed by atoms with Crippen LogP contribution in [0.25, 0.3) is 11.3 Å². The van der Waals surface area contributed by atoms with Crippen molar-refractivity contribution in [2.75, 3.05) is 0 Å². The molecule has 2 rings (SSSR count). The molecule has 1 aromatic carbocycles. The van der Waals surface area contributed by atoms with Gasteiger partial charge in [-0.15, -0.1) is 0 Å². The van der Waals surface area contributed by atoms with Crippen molar-refractivity contribution >= 4 is 6.29 Å². The summed E-state index contributed by atoms with van der Waals surface area (Å²) in [4.78, 5) is 14.3. The van der Waals surface area contributed by atoms with E-state index in [0.717, 1.165) is 11.1 Å². The zero-order chi connectivity index (χ0) is 10.8. The number of rotatable bonds is 2. The first kappa shape index (κ1) is 9.65. The lowest BCUT2D eigenvalue weighted by molar-refractivity contribution is 0.109. The fourth-order valence-electron chi connectivity index (χ4n) is 1.56. The summed E-state index contributed by atoms with van der Waals surface area (Å²) in [5.74, 6) is 0.750. The van der Waals surface area contributed by atoms with Gasteiger partial charge in [0.1, 0.15) is 0 Å². The summed E-state index contributed by atoms with van der Waals surface area (Å²) in [5, 5.41) is 0. The average molecular weight is 201 g/mol. The van der Waals surface area contributed by atoms with Crippen LogP contribution in [0.1, 0.15) is 21.8 Å². The van der Waals surface area contributed by atoms with E-state index in [-0.39, 0.29) is 5.89 Å². The lowest BCUT2D eigenvalue weighted by Crippen LogP contribution is -1.82. The van der Waals surface area contributed by atoms with Gasteiger partial charge < -0.3 is 4.42 Å². The van der Waals surface area contributed by atoms with Gasteiger partial charge >= 0.3 is 0 Å². The van der Waals surface area contributed by atoms with Crippen LogP contribution in [0, 0.1) is 13.8 Å². The van der Waals surface area contributed by atoms with E-state index < -0.39 is 0 Å². The lowest BCUT2D eigenvalue weighted by Gasteiger charge is -2.02. The van der Waals surface area contributed by atoms with Gasteiger partial charge in [-0.3, -0.25) is 4.79 Å². The van der Waals surface area contributed by atoms with Crippen molar-refractivity contribution in [1.82, 2.24) is 4.98 Å². The Morgan fingerprint density at radius 3 is 2.73 bits per heavy atom. The van der Waals surface area contributed by atoms with Crippen molar-refractivity contribution in [1.29, 1.82) is 0 Å². The minimum atomic E-state index is 0.116. The van der Waals surface area contributed by atoms with Crippen LogP contribution in [-0.2, 0) is 0 Å². The Morgan fingerprint density at radius 1 is 1.33 bits per heavy atom. The number of oxazole rings is 1. The van der Waals surface area contributed by atoms with E-state index >= 15 is 0 Å². The fraction of sp³-hybridized carbons (Fsp3) is 0.167. The summed E-state index contributed by atoms with van der Waals surface area (Å²) in [7, 11) is 0. The molecule has 1 heterocycles. The molecule has 0 amide bonds. The molecule has 2 aromatic rings. The quantitative estimate of drug-likeness (QED) is 0.701. The Kier molecular flexibility index (Phi) is 2.37. The monoisotopic (exact) mass is 201 g/mol. The fourth-order valence-corrected chi connectivity index (χ4v) is 1.56. The second-order valence-electron chi connectivity index (χ2n) is 3.50. The first-order chi connectivity index (χ1) is 7.20. The molecule has 0 saturated heterocycles. The van der Waals surface area contributed by atoms with Crippen LogP contribution in [0.15, 0.2) is 28.8 Å². The highest BCUT2D eigenvalue weighted by molar-refractivity contribution is 5.70. The molecule has 0 fully saturated rings. The Hall–Kier alpha value is -1.90. The zero-order valence-electron chi connectivity index (χ0n) is 8.65. The van der Waals surface area contributed by atoms with Crippen LogP contribution in [0.5, 0.6) is 0 Å². The number of aryl methyl sites for hydroxylation is 2. The van der Waals surface area contributed by atoms with Gasteiger partial charge in [-0.05, 0) is 19.4 Å². The second-order valence-corrected chi connectivity index (χ2v) is 3.50. The number of carbonyl (C=O) groups excluding carboxylic acids is 1. The van der Waals surface area contributed by atoms with E-state index in [1.54, 1.807) is 6.20 Å². The molecule has 3 heteroatoms. The highest BCUT2D eigenvalue weighted by atomic mass is 16.4. The van der Waals surface area contributed by atoms with Gasteiger partial charge in [0.2, 0.25) is 6.29 Å². The topological polar surface area (TPSA) is 43.1 Å². The molecule has 0 aliphatic rings. The lowest BCUT2D eigenvalue weighted by atomic mass is 10.0. The molecule has 15 heavy (non-hydrogen) atoms. The molecule has 0 atom stereocenters. The predicted octanol–water partition coefficient (Wildman–Crippen LogP) is 2.77. The van der Waals surface area contributed by atoms with Gasteiger partial charge in [-0.1, -0.05) is 23.8 Å². The van der Waals surface area contributed by atoms with E-state index in [1.165, 1.54) is 5.56 Å². The van der Waals surface area contributed by atoms with Crippen LogP contribution in [0.4, 0.5) is 0 Å². The summed E-state index contributed by atoms with van der Waals surface area (Å²) < 4.78 is 5.26. The van der Waals surface area contributed by atoms with Crippen LogP contribution >= 0.6 is 0 Å². The molecule has 0 aliphatic heterocycles. The number of aromatic nitrogens is 1. The average Bonchev–Trinajstić information content (AvgIpc) is 2.66. The maximum Gasteiger partial charge on any atom is 0.260 e. The Bertz CT molecular complexity index is 500. The van der Waals surface area contributed by atoms with Crippen LogP contribution in [0.3, 0.4) is 0 Å². The molecule has 0 N–H and O–H groups in total. The summed E-state index contributed by atoms with van der Waals surface area (Å²) in [5.41, 5.74) is 3.29. The van der Waals surface area contributed by atoms with Gasteiger partial charge in [0.15, 0.2) is 5.76 Å². The van der Waals surface area contributed by atoms with Crippen molar-refractivity contribution in [2.45, 2.75) is 13.8 Å². The second kappa shape index (κ2) is 3.69. The maximum absolute atomic E-state index is 10.4. The summed E-state index contributed by atoms with van der Waals surface area (Å²) in [6.07, 6.45) is 2.18. The SMILES string of the molecule is Cc1ccc(-c2cnc(C=O)o2)c(C)c1. The standard InChI is InChI=1S/C12H11NO2/c1-8-3-4-10(9(2)5-8)11-6-13-12(7-14)15-11/h3-7H,1-2H3. The third-order valence-electron chi connectivity index (χ3n) is 2.27. The van der Waals surface area contributed by atoms with Crippen molar-refractivity contribution in [3.8, 4) is 11.3 Å². The molecule has 0 bridgehead atoms. The van der Waals surface area contributed by atoms with E-state index in [1.807, 2.05) is 26.0 Å². The zero-order valence-corrected chi connectivity index (χ0v) is 8.65. The third-order valence-corrected chi connectivity index (χ3v) is 2.27. The van der Waals surface area contributed by atoms with Crippen molar-refractivity contribution < 1.29 is 9.21 Å². The Labute approximate surface area is 87.8 Å². The predicted molar refractivity (Wildman–Crippen MR) is 56.8 cm³/mol. The highest BCUT2D eigenvalue weighted by Gasteiger charge is 2.07. The molecular weight excluding hydrogens is 190 g/mol. The highest BCUT2D eigenvalue weighted by Crippen LogP contribution is 2.24. The molecule has 0 spiro atoms. The van der Waals surface area contributed by atoms with Gasteiger partial charge in [0.05, 0.1) is 6.20 Å². The van der Waals surface area contributed by atoms with Gasteiger partial charge in [0, 0.05) is 5.56 Å². The van der Waals surface area contributed by atoms with E-state index in [0.29, 0.717) is 12.0 Å². The minimum Gasteiger partial charge on any atom is -0.434 e. The molecule has 0 saturated carbocycles. The normalized spacial score (nSPS) is 10.3. The smallest absolute Gasteiger partial charge is 0.260 e. The third kappa shape index (κ3) is 1.81. The number of nitrogens with zero attached hydrogens (tertiary/aromatic N) is 1. The van der Waals surface area contributed by atoms with Crippen molar-refractivity contribution in [3.05, 3.63) is 41.4 Å². The molecule has 0 unspecified atom stereocenters. The van der Waals surface area contributed by atoms with E-state index in [2.05, 4.69) is 11.1 Å². The molecular formula is C12H11NO2. The van der Waals surface area contributed by atoms with E-state index in [4.69, 9.17) is 4.42 Å². The van der Waals surface area contributed by atoms with Crippen LogP contribution in [0.2, 0.25) is 0 Å². The minimum absolute atomic E-state index is 0.116. The number of hydrogen-bond donors (Lipinski definition) is 0. The van der Waals surface area contributed by atoms with Crippen LogP contribution in [-0.4, -0.2) is 11.3 Å². The van der Waals surface area contributed by atoms with Crippen molar-refractivity contribution in [3.63, 3.8) is 0 Å². The van der Waals surface area contributed by atoms with Gasteiger partial charge in [-0.25, -0.2) is 4.98 Å². The van der Waals surface area contributed by atoms with Gasteiger partial charge in [-0.2, -0.15) is 0 Å². The van der Waals surface area contributed by atoms with E-state index in [9.17, 15) is 4.79 Å². The Balaban J connectivity index is 2.49. The molecule has 0 radical (unpaired) electrons. The number of carbonyl (C=O) groups is 1. The molecule has 0 aliphatic carbocycles. The first-order valence-electron chi connectivity index (χ1n) is 4.69. The number of aldehydes is 1.